The zero-order valence-corrected chi connectivity index (χ0v) is 29.5. The Morgan fingerprint density at radius 1 is 1.02 bits per heavy atom. The summed E-state index contributed by atoms with van der Waals surface area (Å²) < 4.78 is 7.23. The monoisotopic (exact) mass is 710 g/mol. The van der Waals surface area contributed by atoms with Gasteiger partial charge in [-0.3, -0.25) is 9.69 Å². The van der Waals surface area contributed by atoms with E-state index in [-0.39, 0.29) is 23.2 Å². The number of rotatable bonds is 6. The fourth-order valence-electron chi connectivity index (χ4n) is 7.86. The maximum Gasteiger partial charge on any atom is 0.315 e. The van der Waals surface area contributed by atoms with Gasteiger partial charge in [0.15, 0.2) is 0 Å². The van der Waals surface area contributed by atoms with Gasteiger partial charge in [-0.15, -0.1) is 0 Å². The van der Waals surface area contributed by atoms with Crippen LogP contribution in [0.25, 0.3) is 33.2 Å². The zero-order valence-electron chi connectivity index (χ0n) is 27.9. The standard InChI is InChI=1S/C37H36Cl2N8O3/c1-20-16-22-18-41-46(2)35(48)30(22)33(42-20)43-26-9-5-7-24(32(26)39)23-6-4-8-25(31(23)38)27-17-21-10-11-28(29(21)34(44-27)50-3)47-15-13-37(19-47)12-14-40-36(49)45-37/h4-9,16-18,28H,10-15,19H2,1-3H3,(H,42,43)(H2,40,45,49)/t28-,37-/m1/s1. The first kappa shape index (κ1) is 32.5. The molecular formula is C37H36Cl2N8O3. The van der Waals surface area contributed by atoms with Crippen molar-refractivity contribution in [1.82, 2.24) is 35.3 Å². The number of ether oxygens (including phenoxy) is 1. The van der Waals surface area contributed by atoms with Crippen molar-refractivity contribution in [3.63, 3.8) is 0 Å². The van der Waals surface area contributed by atoms with Gasteiger partial charge < -0.3 is 20.7 Å². The summed E-state index contributed by atoms with van der Waals surface area (Å²) in [5.41, 5.74) is 6.13. The van der Waals surface area contributed by atoms with Crippen molar-refractivity contribution in [3.05, 3.63) is 91.9 Å². The summed E-state index contributed by atoms with van der Waals surface area (Å²) >= 11 is 14.3. The Labute approximate surface area is 299 Å². The number of carbonyl (C=O) groups is 1. The summed E-state index contributed by atoms with van der Waals surface area (Å²) in [6, 6.07) is 15.5. The van der Waals surface area contributed by atoms with Crippen LogP contribution in [0.1, 0.15) is 42.1 Å². The molecule has 256 valence electrons. The smallest absolute Gasteiger partial charge is 0.315 e. The van der Waals surface area contributed by atoms with Gasteiger partial charge >= 0.3 is 6.03 Å². The number of hydrogen-bond donors (Lipinski definition) is 3. The highest BCUT2D eigenvalue weighted by Gasteiger charge is 2.45. The molecular weight excluding hydrogens is 675 g/mol. The van der Waals surface area contributed by atoms with Crippen molar-refractivity contribution in [3.8, 4) is 28.3 Å². The molecule has 0 bridgehead atoms. The summed E-state index contributed by atoms with van der Waals surface area (Å²) in [6.45, 7) is 4.27. The number of aromatic nitrogens is 4. The van der Waals surface area contributed by atoms with E-state index >= 15 is 0 Å². The van der Waals surface area contributed by atoms with Crippen LogP contribution in [0.2, 0.25) is 10.0 Å². The predicted molar refractivity (Wildman–Crippen MR) is 196 cm³/mol. The number of methoxy groups -OCH3 is 1. The molecule has 2 atom stereocenters. The van der Waals surface area contributed by atoms with Crippen molar-refractivity contribution < 1.29 is 9.53 Å². The summed E-state index contributed by atoms with van der Waals surface area (Å²) in [5, 5.41) is 15.6. The second-order valence-corrected chi connectivity index (χ2v) is 14.1. The van der Waals surface area contributed by atoms with E-state index in [2.05, 4.69) is 37.0 Å². The molecule has 8 rings (SSSR count). The second-order valence-electron chi connectivity index (χ2n) is 13.4. The Morgan fingerprint density at radius 3 is 2.60 bits per heavy atom. The quantitative estimate of drug-likeness (QED) is 0.181. The van der Waals surface area contributed by atoms with Crippen LogP contribution in [-0.4, -0.2) is 63.0 Å². The first-order valence-corrected chi connectivity index (χ1v) is 17.5. The minimum atomic E-state index is -0.260. The van der Waals surface area contributed by atoms with E-state index in [9.17, 15) is 9.59 Å². The van der Waals surface area contributed by atoms with Crippen molar-refractivity contribution in [2.24, 2.45) is 7.05 Å². The van der Waals surface area contributed by atoms with Crippen molar-refractivity contribution in [2.75, 3.05) is 32.1 Å². The van der Waals surface area contributed by atoms with Crippen LogP contribution in [0.15, 0.2) is 59.5 Å². The zero-order chi connectivity index (χ0) is 34.7. The van der Waals surface area contributed by atoms with E-state index in [4.69, 9.17) is 32.9 Å². The molecule has 5 aromatic rings. The van der Waals surface area contributed by atoms with E-state index in [1.807, 2.05) is 49.4 Å². The van der Waals surface area contributed by atoms with E-state index in [1.54, 1.807) is 20.4 Å². The van der Waals surface area contributed by atoms with Crippen LogP contribution in [0.4, 0.5) is 16.3 Å². The minimum Gasteiger partial charge on any atom is -0.481 e. The average molecular weight is 712 g/mol. The molecule has 2 saturated heterocycles. The second kappa shape index (κ2) is 12.6. The van der Waals surface area contributed by atoms with Crippen LogP contribution < -0.4 is 26.2 Å². The first-order valence-electron chi connectivity index (χ1n) is 16.7. The molecule has 3 aliphatic rings. The molecule has 1 spiro atoms. The van der Waals surface area contributed by atoms with Crippen LogP contribution >= 0.6 is 23.2 Å². The summed E-state index contributed by atoms with van der Waals surface area (Å²) in [4.78, 5) is 37.3. The lowest BCUT2D eigenvalue weighted by atomic mass is 9.93. The Bertz CT molecular complexity index is 2260. The SMILES string of the molecule is COc1nc(-c2cccc(-c3cccc(Nc4nc(C)cc5cnn(C)c(=O)c45)c3Cl)c2Cl)cc2c1[C@H](N1CC[C@]3(CCNC(=O)N3)C1)CC2. The predicted octanol–water partition coefficient (Wildman–Crippen LogP) is 6.56. The highest BCUT2D eigenvalue weighted by atomic mass is 35.5. The van der Waals surface area contributed by atoms with Gasteiger partial charge in [0.25, 0.3) is 5.56 Å². The van der Waals surface area contributed by atoms with Crippen molar-refractivity contribution >= 4 is 51.5 Å². The number of aryl methyl sites for hydroxylation is 3. The van der Waals surface area contributed by atoms with Crippen LogP contribution in [0.3, 0.4) is 0 Å². The van der Waals surface area contributed by atoms with Crippen molar-refractivity contribution in [2.45, 2.75) is 44.2 Å². The van der Waals surface area contributed by atoms with Crippen LogP contribution in [-0.2, 0) is 13.5 Å². The van der Waals surface area contributed by atoms with Gasteiger partial charge in [-0.05, 0) is 56.4 Å². The average Bonchev–Trinajstić information content (AvgIpc) is 3.71. The molecule has 2 aliphatic heterocycles. The number of fused-ring (bicyclic) bond motifs is 2. The molecule has 50 heavy (non-hydrogen) atoms. The first-order chi connectivity index (χ1) is 24.1. The molecule has 0 radical (unpaired) electrons. The number of nitrogens with zero attached hydrogens (tertiary/aromatic N) is 5. The van der Waals surface area contributed by atoms with E-state index < -0.39 is 0 Å². The van der Waals surface area contributed by atoms with Gasteiger partial charge in [0.05, 0.1) is 45.7 Å². The van der Waals surface area contributed by atoms with Crippen LogP contribution in [0.5, 0.6) is 5.88 Å². The number of nitrogens with one attached hydrogen (secondary N) is 3. The minimum absolute atomic E-state index is 0.0843. The molecule has 0 saturated carbocycles. The number of pyridine rings is 2. The van der Waals surface area contributed by atoms with E-state index in [0.717, 1.165) is 72.4 Å². The topological polar surface area (TPSA) is 126 Å². The fourth-order valence-corrected chi connectivity index (χ4v) is 8.46. The molecule has 3 aromatic heterocycles. The Kier molecular flexibility index (Phi) is 8.16. The number of amides is 2. The highest BCUT2D eigenvalue weighted by Crippen LogP contribution is 2.47. The third kappa shape index (κ3) is 5.53. The summed E-state index contributed by atoms with van der Waals surface area (Å²) in [7, 11) is 3.27. The number of urea groups is 1. The molecule has 2 fully saturated rings. The molecule has 0 unspecified atom stereocenters. The number of halogens is 2. The molecule has 3 N–H and O–H groups in total. The molecule has 13 heteroatoms. The highest BCUT2D eigenvalue weighted by molar-refractivity contribution is 6.39. The Morgan fingerprint density at radius 2 is 1.80 bits per heavy atom. The van der Waals surface area contributed by atoms with Gasteiger partial charge in [-0.1, -0.05) is 53.5 Å². The number of hydrogen-bond acceptors (Lipinski definition) is 8. The van der Waals surface area contributed by atoms with Gasteiger partial charge in [0, 0.05) is 66.1 Å². The molecule has 2 amide bonds. The molecule has 2 aromatic carbocycles. The van der Waals surface area contributed by atoms with E-state index in [0.29, 0.717) is 44.7 Å². The number of likely N-dealkylation sites (tertiary alicyclic amines) is 1. The van der Waals surface area contributed by atoms with Gasteiger partial charge in [-0.2, -0.15) is 5.10 Å². The summed E-state index contributed by atoms with van der Waals surface area (Å²) in [6.07, 6.45) is 5.34. The maximum absolute atomic E-state index is 13.1. The Balaban J connectivity index is 1.12. The molecule has 5 heterocycles. The maximum atomic E-state index is 13.1. The Hall–Kier alpha value is -4.71. The largest absolute Gasteiger partial charge is 0.481 e. The fraction of sp³-hybridized carbons (Fsp3) is 0.324. The lowest BCUT2D eigenvalue weighted by Crippen LogP contribution is -2.59. The number of benzene rings is 2. The van der Waals surface area contributed by atoms with Crippen LogP contribution in [0, 0.1) is 6.92 Å². The third-order valence-corrected chi connectivity index (χ3v) is 11.1. The van der Waals surface area contributed by atoms with Crippen molar-refractivity contribution in [1.29, 1.82) is 0 Å². The third-order valence-electron chi connectivity index (χ3n) is 10.3. The van der Waals surface area contributed by atoms with Gasteiger partial charge in [0.2, 0.25) is 5.88 Å². The van der Waals surface area contributed by atoms with Gasteiger partial charge in [0.1, 0.15) is 5.82 Å². The molecule has 11 nitrogen and oxygen atoms in total. The van der Waals surface area contributed by atoms with Gasteiger partial charge in [-0.25, -0.2) is 19.4 Å². The van der Waals surface area contributed by atoms with E-state index in [1.165, 1.54) is 10.2 Å². The molecule has 1 aliphatic carbocycles. The number of anilines is 2. The lowest BCUT2D eigenvalue weighted by Gasteiger charge is -2.36. The lowest BCUT2D eigenvalue weighted by molar-refractivity contribution is 0.187. The normalized spacial score (nSPS) is 20.2. The number of carbonyl (C=O) groups excluding carboxylic acids is 1. The summed E-state index contributed by atoms with van der Waals surface area (Å²) in [5.74, 6) is 0.999.